The number of fused-ring (bicyclic) bond motifs is 1. The maximum absolute atomic E-state index is 11.6. The monoisotopic (exact) mass is 276 g/mol. The summed E-state index contributed by atoms with van der Waals surface area (Å²) in [5, 5.41) is 1.71. The van der Waals surface area contributed by atoms with Gasteiger partial charge in [0.25, 0.3) is 0 Å². The second-order valence-electron chi connectivity index (χ2n) is 3.94. The Labute approximate surface area is 115 Å². The number of nitrogens with zero attached hydrogens (tertiary/aromatic N) is 1. The van der Waals surface area contributed by atoms with Crippen LogP contribution in [-0.4, -0.2) is 24.8 Å². The Morgan fingerprint density at radius 3 is 2.84 bits per heavy atom. The van der Waals surface area contributed by atoms with Crippen LogP contribution in [0.1, 0.15) is 10.4 Å². The highest BCUT2D eigenvalue weighted by Crippen LogP contribution is 2.24. The van der Waals surface area contributed by atoms with Crippen molar-refractivity contribution >= 4 is 39.9 Å². The van der Waals surface area contributed by atoms with Gasteiger partial charge in [0.2, 0.25) is 0 Å². The lowest BCUT2D eigenvalue weighted by molar-refractivity contribution is 0.0603. The molecule has 0 amide bonds. The van der Waals surface area contributed by atoms with Gasteiger partial charge in [-0.05, 0) is 29.0 Å². The van der Waals surface area contributed by atoms with Crippen molar-refractivity contribution < 1.29 is 9.53 Å². The van der Waals surface area contributed by atoms with Crippen LogP contribution in [0.5, 0.6) is 0 Å². The molecule has 0 unspecified atom stereocenters. The molecule has 0 aliphatic heterocycles. The summed E-state index contributed by atoms with van der Waals surface area (Å²) in [5.74, 6) is 0.174. The molecule has 2 rings (SSSR count). The quantitative estimate of drug-likeness (QED) is 0.406. The van der Waals surface area contributed by atoms with Crippen molar-refractivity contribution in [3.63, 3.8) is 0 Å². The van der Waals surface area contributed by atoms with E-state index in [9.17, 15) is 4.79 Å². The first-order valence-corrected chi connectivity index (χ1v) is 6.19. The minimum Gasteiger partial charge on any atom is -0.465 e. The Morgan fingerprint density at radius 2 is 2.16 bits per heavy atom. The Hall–Kier alpha value is -2.07. The van der Waals surface area contributed by atoms with E-state index in [1.807, 2.05) is 18.2 Å². The first kappa shape index (κ1) is 13.4. The van der Waals surface area contributed by atoms with E-state index in [0.29, 0.717) is 17.1 Å². The molecule has 98 valence electrons. The largest absolute Gasteiger partial charge is 0.465 e. The second-order valence-corrected chi connectivity index (χ2v) is 4.21. The normalized spacial score (nSPS) is 11.6. The number of carbonyl (C=O) groups is 1. The summed E-state index contributed by atoms with van der Waals surface area (Å²) < 4.78 is 4.75. The van der Waals surface area contributed by atoms with Crippen molar-refractivity contribution in [3.05, 3.63) is 42.0 Å². The van der Waals surface area contributed by atoms with Crippen LogP contribution in [0.2, 0.25) is 0 Å². The lowest BCUT2D eigenvalue weighted by Crippen LogP contribution is -2.12. The average Bonchev–Trinajstić information content (AvgIpc) is 2.45. The Kier molecular flexibility index (Phi) is 4.02. The lowest BCUT2D eigenvalue weighted by atomic mass is 10.0. The molecule has 2 aromatic carbocycles. The van der Waals surface area contributed by atoms with Gasteiger partial charge in [-0.2, -0.15) is 0 Å². The number of esters is 1. The molecule has 0 aliphatic rings. The number of benzene rings is 2. The SMILES string of the molecule is COC(=O)c1cccc2cc(N=C(N)CCl)ccc12. The van der Waals surface area contributed by atoms with Crippen LogP contribution in [0.25, 0.3) is 10.8 Å². The minimum absolute atomic E-state index is 0.181. The molecule has 0 saturated heterocycles. The van der Waals surface area contributed by atoms with Crippen LogP contribution >= 0.6 is 11.6 Å². The molecule has 5 heteroatoms. The zero-order valence-electron chi connectivity index (χ0n) is 10.4. The molecule has 0 fully saturated rings. The molecule has 0 aromatic heterocycles. The standard InChI is InChI=1S/C14H13ClN2O2/c1-19-14(18)12-4-2-3-9-7-10(5-6-11(9)12)17-13(16)8-15/h2-7H,8H2,1H3,(H2,16,17). The molecule has 0 atom stereocenters. The molecule has 2 N–H and O–H groups in total. The molecule has 19 heavy (non-hydrogen) atoms. The first-order valence-electron chi connectivity index (χ1n) is 5.66. The highest BCUT2D eigenvalue weighted by molar-refractivity contribution is 6.28. The minimum atomic E-state index is -0.359. The maximum atomic E-state index is 11.6. The number of hydrogen-bond donors (Lipinski definition) is 1. The van der Waals surface area contributed by atoms with Crippen LogP contribution < -0.4 is 5.73 Å². The van der Waals surface area contributed by atoms with Crippen molar-refractivity contribution in [2.24, 2.45) is 10.7 Å². The number of aliphatic imine (C=N–C) groups is 1. The van der Waals surface area contributed by atoms with Crippen LogP contribution in [0, 0.1) is 0 Å². The Morgan fingerprint density at radius 1 is 1.37 bits per heavy atom. The number of alkyl halides is 1. The van der Waals surface area contributed by atoms with Crippen molar-refractivity contribution in [1.29, 1.82) is 0 Å². The topological polar surface area (TPSA) is 64.7 Å². The van der Waals surface area contributed by atoms with Crippen molar-refractivity contribution in [1.82, 2.24) is 0 Å². The Bertz CT molecular complexity index is 653. The predicted octanol–water partition coefficient (Wildman–Crippen LogP) is 2.85. The van der Waals surface area contributed by atoms with E-state index in [2.05, 4.69) is 4.99 Å². The number of carbonyl (C=O) groups excluding carboxylic acids is 1. The fraction of sp³-hybridized carbons (Fsp3) is 0.143. The van der Waals surface area contributed by atoms with E-state index in [0.717, 1.165) is 10.8 Å². The summed E-state index contributed by atoms with van der Waals surface area (Å²) in [7, 11) is 1.36. The number of amidine groups is 1. The van der Waals surface area contributed by atoms with Gasteiger partial charge in [0.15, 0.2) is 0 Å². The third-order valence-corrected chi connectivity index (χ3v) is 2.95. The summed E-state index contributed by atoms with van der Waals surface area (Å²) in [6, 6.07) is 10.9. The zero-order valence-corrected chi connectivity index (χ0v) is 11.1. The molecule has 0 radical (unpaired) electrons. The fourth-order valence-corrected chi connectivity index (χ4v) is 1.88. The molecule has 0 aliphatic carbocycles. The molecular weight excluding hydrogens is 264 g/mol. The van der Waals surface area contributed by atoms with E-state index < -0.39 is 0 Å². The van der Waals surface area contributed by atoms with Gasteiger partial charge >= 0.3 is 5.97 Å². The molecule has 2 aromatic rings. The van der Waals surface area contributed by atoms with E-state index in [1.165, 1.54) is 7.11 Å². The van der Waals surface area contributed by atoms with Gasteiger partial charge in [0.1, 0.15) is 5.84 Å². The van der Waals surface area contributed by atoms with Gasteiger partial charge in [0.05, 0.1) is 24.2 Å². The van der Waals surface area contributed by atoms with Gasteiger partial charge < -0.3 is 10.5 Å². The molecule has 0 spiro atoms. The van der Waals surface area contributed by atoms with Crippen LogP contribution in [0.4, 0.5) is 5.69 Å². The predicted molar refractivity (Wildman–Crippen MR) is 77.3 cm³/mol. The maximum Gasteiger partial charge on any atom is 0.338 e. The third kappa shape index (κ3) is 2.85. The van der Waals surface area contributed by atoms with E-state index in [-0.39, 0.29) is 11.8 Å². The summed E-state index contributed by atoms with van der Waals surface area (Å²) in [6.45, 7) is 0. The number of ether oxygens (including phenoxy) is 1. The third-order valence-electron chi connectivity index (χ3n) is 2.68. The first-order chi connectivity index (χ1) is 9.15. The average molecular weight is 277 g/mol. The second kappa shape index (κ2) is 5.71. The number of halogens is 1. The van der Waals surface area contributed by atoms with Crippen LogP contribution in [-0.2, 0) is 4.74 Å². The van der Waals surface area contributed by atoms with E-state index in [4.69, 9.17) is 22.1 Å². The van der Waals surface area contributed by atoms with Crippen molar-refractivity contribution in [2.45, 2.75) is 0 Å². The van der Waals surface area contributed by atoms with E-state index in [1.54, 1.807) is 18.2 Å². The summed E-state index contributed by atoms with van der Waals surface area (Å²) in [4.78, 5) is 15.8. The van der Waals surface area contributed by atoms with Gasteiger partial charge in [-0.1, -0.05) is 18.2 Å². The highest BCUT2D eigenvalue weighted by Gasteiger charge is 2.09. The van der Waals surface area contributed by atoms with Gasteiger partial charge in [-0.15, -0.1) is 11.6 Å². The van der Waals surface area contributed by atoms with Gasteiger partial charge in [0, 0.05) is 0 Å². The summed E-state index contributed by atoms with van der Waals surface area (Å²) in [5.41, 5.74) is 6.82. The smallest absolute Gasteiger partial charge is 0.338 e. The van der Waals surface area contributed by atoms with Crippen LogP contribution in [0.15, 0.2) is 41.4 Å². The number of nitrogens with two attached hydrogens (primary N) is 1. The molecular formula is C14H13ClN2O2. The Balaban J connectivity index is 2.54. The molecule has 4 nitrogen and oxygen atoms in total. The van der Waals surface area contributed by atoms with Crippen molar-refractivity contribution in [3.8, 4) is 0 Å². The van der Waals surface area contributed by atoms with Crippen molar-refractivity contribution in [2.75, 3.05) is 13.0 Å². The highest BCUT2D eigenvalue weighted by atomic mass is 35.5. The zero-order chi connectivity index (χ0) is 13.8. The molecule has 0 saturated carbocycles. The number of hydrogen-bond acceptors (Lipinski definition) is 3. The van der Waals surface area contributed by atoms with E-state index >= 15 is 0 Å². The van der Waals surface area contributed by atoms with Gasteiger partial charge in [-0.25, -0.2) is 9.79 Å². The van der Waals surface area contributed by atoms with Gasteiger partial charge in [-0.3, -0.25) is 0 Å². The van der Waals surface area contributed by atoms with Crippen LogP contribution in [0.3, 0.4) is 0 Å². The lowest BCUT2D eigenvalue weighted by Gasteiger charge is -2.05. The molecule has 0 heterocycles. The summed E-state index contributed by atoms with van der Waals surface area (Å²) in [6.07, 6.45) is 0. The fourth-order valence-electron chi connectivity index (χ4n) is 1.82. The number of methoxy groups -OCH3 is 1. The number of rotatable bonds is 3. The summed E-state index contributed by atoms with van der Waals surface area (Å²) >= 11 is 5.59. The molecule has 0 bridgehead atoms.